The summed E-state index contributed by atoms with van der Waals surface area (Å²) in [5, 5.41) is 9.60. The van der Waals surface area contributed by atoms with E-state index in [1.165, 1.54) is 31.3 Å². The molecule has 1 N–H and O–H groups in total. The van der Waals surface area contributed by atoms with Crippen molar-refractivity contribution in [1.82, 2.24) is 0 Å². The second-order valence-corrected chi connectivity index (χ2v) is 10.1. The number of ether oxygens (including phenoxy) is 2. The van der Waals surface area contributed by atoms with Gasteiger partial charge in [-0.05, 0) is 77.2 Å². The van der Waals surface area contributed by atoms with Crippen molar-refractivity contribution in [2.75, 3.05) is 19.8 Å². The number of allylic oxidation sites excluding steroid dienone is 2. The molecule has 3 nitrogen and oxygen atoms in total. The van der Waals surface area contributed by atoms with Crippen LogP contribution in [0.5, 0.6) is 0 Å². The summed E-state index contributed by atoms with van der Waals surface area (Å²) in [6, 6.07) is 9.97. The molecule has 178 valence electrons. The third-order valence-electron chi connectivity index (χ3n) is 6.06. The minimum absolute atomic E-state index is 0.0253. The van der Waals surface area contributed by atoms with Gasteiger partial charge in [0.1, 0.15) is 6.10 Å². The molecular formula is C28H48O3. The maximum atomic E-state index is 9.60. The van der Waals surface area contributed by atoms with Crippen LogP contribution in [0, 0.1) is 11.8 Å². The van der Waals surface area contributed by atoms with Crippen LogP contribution in [0.1, 0.15) is 98.2 Å². The van der Waals surface area contributed by atoms with E-state index in [1.54, 1.807) is 0 Å². The van der Waals surface area contributed by atoms with E-state index < -0.39 is 0 Å². The average Bonchev–Trinajstić information content (AvgIpc) is 2.71. The molecule has 0 amide bonds. The Morgan fingerprint density at radius 3 is 2.26 bits per heavy atom. The fourth-order valence-electron chi connectivity index (χ4n) is 3.76. The molecule has 31 heavy (non-hydrogen) atoms. The highest BCUT2D eigenvalue weighted by atomic mass is 16.5. The number of rotatable bonds is 17. The van der Waals surface area contributed by atoms with Gasteiger partial charge in [0, 0.05) is 13.2 Å². The predicted molar refractivity (Wildman–Crippen MR) is 132 cm³/mol. The summed E-state index contributed by atoms with van der Waals surface area (Å²) in [4.78, 5) is 0. The molecule has 0 heterocycles. The molecule has 3 atom stereocenters. The van der Waals surface area contributed by atoms with Gasteiger partial charge in [-0.1, -0.05) is 68.7 Å². The molecule has 0 aliphatic rings. The Hall–Kier alpha value is -1.16. The summed E-state index contributed by atoms with van der Waals surface area (Å²) in [5.74, 6) is 1.33. The molecule has 0 saturated carbocycles. The zero-order valence-electron chi connectivity index (χ0n) is 21.0. The van der Waals surface area contributed by atoms with Crippen LogP contribution in [0.2, 0.25) is 0 Å². The van der Waals surface area contributed by atoms with Crippen molar-refractivity contribution >= 4 is 0 Å². The van der Waals surface area contributed by atoms with Crippen LogP contribution in [0.3, 0.4) is 0 Å². The Balaban J connectivity index is 2.16. The number of benzene rings is 1. The van der Waals surface area contributed by atoms with Gasteiger partial charge in [-0.15, -0.1) is 0 Å². The minimum atomic E-state index is -0.217. The van der Waals surface area contributed by atoms with Crippen LogP contribution >= 0.6 is 0 Å². The smallest absolute Gasteiger partial charge is 0.105 e. The lowest BCUT2D eigenvalue weighted by molar-refractivity contribution is -0.0310. The van der Waals surface area contributed by atoms with Gasteiger partial charge in [0.25, 0.3) is 0 Å². The largest absolute Gasteiger partial charge is 0.393 e. The molecule has 1 aromatic rings. The van der Waals surface area contributed by atoms with E-state index in [0.29, 0.717) is 18.4 Å². The Kier molecular flexibility index (Phi) is 14.0. The summed E-state index contributed by atoms with van der Waals surface area (Å²) in [5.41, 5.74) is 2.41. The van der Waals surface area contributed by atoms with E-state index in [1.807, 2.05) is 30.3 Å². The summed E-state index contributed by atoms with van der Waals surface area (Å²) < 4.78 is 12.2. The molecule has 0 spiro atoms. The molecule has 0 saturated heterocycles. The van der Waals surface area contributed by atoms with Gasteiger partial charge in [0.2, 0.25) is 0 Å². The lowest BCUT2D eigenvalue weighted by Gasteiger charge is -2.27. The Morgan fingerprint density at radius 2 is 1.61 bits per heavy atom. The summed E-state index contributed by atoms with van der Waals surface area (Å²) in [7, 11) is 0. The molecule has 0 aliphatic carbocycles. The molecule has 1 rings (SSSR count). The highest BCUT2D eigenvalue weighted by Gasteiger charge is 2.19. The molecule has 3 unspecified atom stereocenters. The number of hydrogen-bond donors (Lipinski definition) is 1. The van der Waals surface area contributed by atoms with E-state index in [0.717, 1.165) is 31.4 Å². The first-order chi connectivity index (χ1) is 14.7. The Morgan fingerprint density at radius 1 is 0.968 bits per heavy atom. The highest BCUT2D eigenvalue weighted by Crippen LogP contribution is 2.23. The summed E-state index contributed by atoms with van der Waals surface area (Å²) in [6.45, 7) is 15.0. The third kappa shape index (κ3) is 13.8. The quantitative estimate of drug-likeness (QED) is 0.259. The zero-order valence-corrected chi connectivity index (χ0v) is 21.0. The van der Waals surface area contributed by atoms with Crippen molar-refractivity contribution in [2.24, 2.45) is 11.8 Å². The van der Waals surface area contributed by atoms with Gasteiger partial charge in [0.15, 0.2) is 0 Å². The monoisotopic (exact) mass is 432 g/mol. The highest BCUT2D eigenvalue weighted by molar-refractivity contribution is 5.17. The fourth-order valence-corrected chi connectivity index (χ4v) is 3.76. The van der Waals surface area contributed by atoms with Crippen LogP contribution in [0.4, 0.5) is 0 Å². The van der Waals surface area contributed by atoms with Crippen molar-refractivity contribution in [1.29, 1.82) is 0 Å². The Labute approximate surface area is 192 Å². The number of hydrogen-bond acceptors (Lipinski definition) is 3. The van der Waals surface area contributed by atoms with Crippen LogP contribution in [-0.2, 0) is 9.47 Å². The molecule has 3 heteroatoms. The van der Waals surface area contributed by atoms with Crippen LogP contribution in [-0.4, -0.2) is 30.5 Å². The van der Waals surface area contributed by atoms with Gasteiger partial charge in [0.05, 0.1) is 12.2 Å². The SMILES string of the molecule is CC(C)=CCCC(C)CCOC(C)(C)CCCC(C)CCOC(CO)c1ccccc1. The second-order valence-electron chi connectivity index (χ2n) is 10.1. The first-order valence-corrected chi connectivity index (χ1v) is 12.3. The van der Waals surface area contributed by atoms with E-state index >= 15 is 0 Å². The molecule has 1 aromatic carbocycles. The maximum Gasteiger partial charge on any atom is 0.105 e. The summed E-state index contributed by atoms with van der Waals surface area (Å²) in [6.07, 6.45) is 10.2. The normalized spacial score (nSPS) is 14.8. The van der Waals surface area contributed by atoms with Crippen molar-refractivity contribution in [2.45, 2.75) is 98.2 Å². The molecule has 0 fully saturated rings. The molecule has 0 aliphatic heterocycles. The standard InChI is InChI=1S/C28H48O3/c1-23(2)12-10-13-24(3)18-21-31-28(5,6)19-11-14-25(4)17-20-30-27(22-29)26-15-8-7-9-16-26/h7-9,12,15-16,24-25,27,29H,10-11,13-14,17-22H2,1-6H3. The van der Waals surface area contributed by atoms with Crippen LogP contribution in [0.15, 0.2) is 42.0 Å². The van der Waals surface area contributed by atoms with E-state index in [2.05, 4.69) is 47.6 Å². The van der Waals surface area contributed by atoms with E-state index in [9.17, 15) is 5.11 Å². The summed E-state index contributed by atoms with van der Waals surface area (Å²) >= 11 is 0. The van der Waals surface area contributed by atoms with Crippen molar-refractivity contribution in [3.63, 3.8) is 0 Å². The van der Waals surface area contributed by atoms with Gasteiger partial charge in [-0.3, -0.25) is 0 Å². The second kappa shape index (κ2) is 15.6. The topological polar surface area (TPSA) is 38.7 Å². The predicted octanol–water partition coefficient (Wildman–Crippen LogP) is 7.50. The third-order valence-corrected chi connectivity index (χ3v) is 6.06. The van der Waals surface area contributed by atoms with Crippen molar-refractivity contribution < 1.29 is 14.6 Å². The lowest BCUT2D eigenvalue weighted by Crippen LogP contribution is -2.25. The number of aliphatic hydroxyl groups is 1. The minimum Gasteiger partial charge on any atom is -0.393 e. The molecule has 0 bridgehead atoms. The van der Waals surface area contributed by atoms with Gasteiger partial charge >= 0.3 is 0 Å². The molecule has 0 aromatic heterocycles. The van der Waals surface area contributed by atoms with Crippen LogP contribution < -0.4 is 0 Å². The van der Waals surface area contributed by atoms with Crippen LogP contribution in [0.25, 0.3) is 0 Å². The van der Waals surface area contributed by atoms with Gasteiger partial charge in [-0.25, -0.2) is 0 Å². The van der Waals surface area contributed by atoms with E-state index in [4.69, 9.17) is 9.47 Å². The van der Waals surface area contributed by atoms with Crippen molar-refractivity contribution in [3.05, 3.63) is 47.5 Å². The maximum absolute atomic E-state index is 9.60. The zero-order chi connectivity index (χ0) is 23.1. The first kappa shape index (κ1) is 27.9. The lowest BCUT2D eigenvalue weighted by atomic mass is 9.95. The average molecular weight is 433 g/mol. The Bertz CT molecular complexity index is 590. The number of aliphatic hydroxyl groups excluding tert-OH is 1. The van der Waals surface area contributed by atoms with Crippen molar-refractivity contribution in [3.8, 4) is 0 Å². The van der Waals surface area contributed by atoms with E-state index in [-0.39, 0.29) is 18.3 Å². The van der Waals surface area contributed by atoms with Gasteiger partial charge in [-0.2, -0.15) is 0 Å². The first-order valence-electron chi connectivity index (χ1n) is 12.3. The molecular weight excluding hydrogens is 384 g/mol. The molecule has 0 radical (unpaired) electrons. The van der Waals surface area contributed by atoms with Gasteiger partial charge < -0.3 is 14.6 Å². The fraction of sp³-hybridized carbons (Fsp3) is 0.714.